The lowest BCUT2D eigenvalue weighted by Crippen LogP contribution is -2.27. The molecule has 0 saturated heterocycles. The summed E-state index contributed by atoms with van der Waals surface area (Å²) in [6.45, 7) is 2.57. The van der Waals surface area contributed by atoms with Gasteiger partial charge in [0.2, 0.25) is 0 Å². The number of hydrogen-bond acceptors (Lipinski definition) is 25. The number of rotatable bonds is 31. The summed E-state index contributed by atoms with van der Waals surface area (Å²) in [5, 5.41) is 213. The summed E-state index contributed by atoms with van der Waals surface area (Å²) in [5.74, 6) is -1.71. The molecule has 0 amide bonds. The number of aliphatic hydroxyl groups is 12. The number of benzene rings is 9. The third-order valence-electron chi connectivity index (χ3n) is 19.9. The first-order valence-corrected chi connectivity index (χ1v) is 34.6. The zero-order chi connectivity index (χ0) is 79.6. The number of methoxy groups -OCH3 is 4. The van der Waals surface area contributed by atoms with Gasteiger partial charge in [0.25, 0.3) is 0 Å². The number of hydrogen-bond donors (Lipinski definition) is 21. The van der Waals surface area contributed by atoms with Crippen molar-refractivity contribution in [3.63, 3.8) is 0 Å². The Kier molecular flexibility index (Phi) is 30.6. The molecule has 582 valence electrons. The van der Waals surface area contributed by atoms with E-state index in [-0.39, 0.29) is 139 Å². The normalized spacial score (nSPS) is 11.6. The maximum atomic E-state index is 11.0. The van der Waals surface area contributed by atoms with E-state index in [1.54, 1.807) is 35.4 Å². The lowest BCUT2D eigenvalue weighted by atomic mass is 9.68. The van der Waals surface area contributed by atoms with E-state index < -0.39 is 96.0 Å². The highest BCUT2D eigenvalue weighted by molar-refractivity contribution is 5.63. The topological polar surface area (TPSA) is 462 Å². The number of aryl methyl sites for hydroxylation is 2. The minimum absolute atomic E-state index is 0.143. The SMILES string of the molecule is CC(c1cc(CO)c(O)c(CO)c1)(c1cc(CO)c(O)c(CO)c1)c1cc(CO)c(O)c(CO)c1.CCc1cc(C(C)(c2cc(COC)c(O)c(COC)c2)c2cc(COC)c(O)c(COC)c2)cc(CC)c1O.OCc1cc(C(c2cc(CO)c(O)c(CO)c2)c2cc(CO)c(O)c(CO)c2)cc(CO)c1O. The molecule has 0 heterocycles. The van der Waals surface area contributed by atoms with Crippen LogP contribution < -0.4 is 0 Å². The molecule has 9 rings (SSSR count). The van der Waals surface area contributed by atoms with Gasteiger partial charge in [-0.25, -0.2) is 0 Å². The van der Waals surface area contributed by atoms with E-state index in [0.29, 0.717) is 74.2 Å². The molecular weight excluding hydrogens is 1400 g/mol. The third kappa shape index (κ3) is 17.8. The maximum Gasteiger partial charge on any atom is 0.126 e. The fraction of sp³-hybridized carbons (Fsp3) is 0.349. The molecule has 0 atom stereocenters. The van der Waals surface area contributed by atoms with Crippen LogP contribution in [0.1, 0.15) is 184 Å². The van der Waals surface area contributed by atoms with Gasteiger partial charge in [-0.3, -0.25) is 0 Å². The Morgan fingerprint density at radius 2 is 0.352 bits per heavy atom. The van der Waals surface area contributed by atoms with Crippen LogP contribution in [-0.4, -0.2) is 136 Å². The van der Waals surface area contributed by atoms with Gasteiger partial charge in [0.1, 0.15) is 51.7 Å². The predicted molar refractivity (Wildman–Crippen MR) is 398 cm³/mol. The number of phenolic OH excluding ortho intramolecular Hbond substituents is 3. The molecule has 9 aromatic rings. The summed E-state index contributed by atoms with van der Waals surface area (Å²) in [5.41, 5.74) is 9.77. The number of ether oxygens (including phenoxy) is 4. The van der Waals surface area contributed by atoms with E-state index in [0.717, 1.165) is 27.8 Å². The molecule has 0 aliphatic heterocycles. The van der Waals surface area contributed by atoms with Crippen molar-refractivity contribution in [2.45, 2.75) is 163 Å². The van der Waals surface area contributed by atoms with Crippen LogP contribution in [0.15, 0.2) is 109 Å². The molecule has 25 nitrogen and oxygen atoms in total. The van der Waals surface area contributed by atoms with Crippen molar-refractivity contribution >= 4 is 0 Å². The van der Waals surface area contributed by atoms with Crippen LogP contribution in [-0.2, 0) is 148 Å². The third-order valence-corrected chi connectivity index (χ3v) is 19.9. The molecule has 25 heteroatoms. The number of aliphatic hydroxyl groups excluding tert-OH is 12. The second-order valence-corrected chi connectivity index (χ2v) is 26.4. The summed E-state index contributed by atoms with van der Waals surface area (Å²) in [7, 11) is 6.37. The van der Waals surface area contributed by atoms with E-state index in [2.05, 4.69) is 6.92 Å². The van der Waals surface area contributed by atoms with Crippen molar-refractivity contribution in [1.82, 2.24) is 0 Å². The average Bonchev–Trinajstić information content (AvgIpc) is 0.746. The largest absolute Gasteiger partial charge is 0.507 e. The van der Waals surface area contributed by atoms with Crippen LogP contribution in [0.4, 0.5) is 0 Å². The van der Waals surface area contributed by atoms with Crippen molar-refractivity contribution < 1.29 is 126 Å². The zero-order valence-corrected chi connectivity index (χ0v) is 61.7. The summed E-state index contributed by atoms with van der Waals surface area (Å²) in [4.78, 5) is 0. The molecule has 108 heavy (non-hydrogen) atoms. The Hall–Kier alpha value is -9.46. The molecule has 0 spiro atoms. The van der Waals surface area contributed by atoms with Crippen LogP contribution in [0.25, 0.3) is 0 Å². The van der Waals surface area contributed by atoms with Gasteiger partial charge in [0, 0.05) is 134 Å². The van der Waals surface area contributed by atoms with Crippen LogP contribution >= 0.6 is 0 Å². The molecule has 0 bridgehead atoms. The fourth-order valence-electron chi connectivity index (χ4n) is 13.8. The van der Waals surface area contributed by atoms with Crippen LogP contribution in [0.3, 0.4) is 0 Å². The Bertz CT molecular complexity index is 3990. The molecule has 0 radical (unpaired) electrons. The zero-order valence-electron chi connectivity index (χ0n) is 61.7. The summed E-state index contributed by atoms with van der Waals surface area (Å²) in [6.07, 6.45) is 1.34. The molecule has 21 N–H and O–H groups in total. The maximum absolute atomic E-state index is 11.0. The molecular formula is C83H100O25. The molecule has 0 aliphatic carbocycles. The van der Waals surface area contributed by atoms with Crippen LogP contribution in [0.2, 0.25) is 0 Å². The van der Waals surface area contributed by atoms with Gasteiger partial charge in [0.05, 0.1) is 106 Å². The molecule has 9 aromatic carbocycles. The standard InChI is InChI=1S/C32H42O7.C26H30O9.C25H28O9/c1-8-20-10-26(11-21(9-2)29(20)33)32(3,27-12-22(16-36-4)30(34)23(13-27)17-37-5)28-14-24(18-38-6)31(35)25(15-28)19-39-7;1-26(20-2-14(8-27)23(33)15(3-20)9-28,21-4-16(10-29)24(34)17(5-21)11-30)22-6-18(12-31)25(35)19(7-22)13-32;26-7-16-1-13(2-17(8-27)23(16)32)22(14-3-18(9-28)24(33)19(4-14)10-29)15-5-20(11-30)25(34)21(6-15)12-31/h10-15,33-35H,8-9,16-19H2,1-7H3;2-7,27-35H,8-13H2,1H3;1-6,22,26-34H,7-12H2. The second-order valence-electron chi connectivity index (χ2n) is 26.4. The first-order valence-electron chi connectivity index (χ1n) is 34.6. The van der Waals surface area contributed by atoms with Crippen molar-refractivity contribution in [1.29, 1.82) is 0 Å². The predicted octanol–water partition coefficient (Wildman–Crippen LogP) is 7.92. The summed E-state index contributed by atoms with van der Waals surface area (Å²) in [6, 6.07) is 30.2. The van der Waals surface area contributed by atoms with Crippen molar-refractivity contribution in [2.24, 2.45) is 0 Å². The molecule has 0 aromatic heterocycles. The van der Waals surface area contributed by atoms with E-state index in [4.69, 9.17) is 18.9 Å². The van der Waals surface area contributed by atoms with Crippen molar-refractivity contribution in [2.75, 3.05) is 28.4 Å². The number of phenols is 9. The second kappa shape index (κ2) is 38.6. The highest BCUT2D eigenvalue weighted by Crippen LogP contribution is 2.49. The van der Waals surface area contributed by atoms with Gasteiger partial charge in [-0.2, -0.15) is 0 Å². The minimum atomic E-state index is -1.20. The van der Waals surface area contributed by atoms with Crippen LogP contribution in [0.5, 0.6) is 51.7 Å². The molecule has 0 aliphatic rings. The monoisotopic (exact) mass is 1500 g/mol. The van der Waals surface area contributed by atoms with Crippen molar-refractivity contribution in [3.05, 3.63) is 259 Å². The Labute approximate surface area is 626 Å². The van der Waals surface area contributed by atoms with E-state index in [1.807, 2.05) is 50.2 Å². The van der Waals surface area contributed by atoms with Crippen molar-refractivity contribution in [3.8, 4) is 51.7 Å². The van der Waals surface area contributed by atoms with E-state index >= 15 is 0 Å². The lowest BCUT2D eigenvalue weighted by Gasteiger charge is -2.35. The quantitative estimate of drug-likeness (QED) is 0.0183. The van der Waals surface area contributed by atoms with Gasteiger partial charge in [-0.15, -0.1) is 0 Å². The summed E-state index contributed by atoms with van der Waals surface area (Å²) >= 11 is 0. The summed E-state index contributed by atoms with van der Waals surface area (Å²) < 4.78 is 21.7. The van der Waals surface area contributed by atoms with E-state index in [1.165, 1.54) is 72.8 Å². The minimum Gasteiger partial charge on any atom is -0.507 e. The van der Waals surface area contributed by atoms with Gasteiger partial charge in [-0.05, 0) is 185 Å². The Morgan fingerprint density at radius 3 is 0.500 bits per heavy atom. The van der Waals surface area contributed by atoms with Crippen LogP contribution in [0, 0.1) is 0 Å². The fourth-order valence-corrected chi connectivity index (χ4v) is 13.8. The average molecular weight is 1500 g/mol. The molecule has 0 saturated carbocycles. The van der Waals surface area contributed by atoms with Gasteiger partial charge < -0.3 is 126 Å². The molecule has 0 fully saturated rings. The highest BCUT2D eigenvalue weighted by Gasteiger charge is 2.38. The Balaban J connectivity index is 0.000000226. The van der Waals surface area contributed by atoms with Gasteiger partial charge in [0.15, 0.2) is 0 Å². The molecule has 0 unspecified atom stereocenters. The first kappa shape index (κ1) is 85.8. The van der Waals surface area contributed by atoms with Gasteiger partial charge >= 0.3 is 0 Å². The van der Waals surface area contributed by atoms with Gasteiger partial charge in [-0.1, -0.05) is 26.0 Å². The smallest absolute Gasteiger partial charge is 0.126 e. The highest BCUT2D eigenvalue weighted by atomic mass is 16.5. The lowest BCUT2D eigenvalue weighted by molar-refractivity contribution is 0.174. The first-order chi connectivity index (χ1) is 51.7. The number of aromatic hydroxyl groups is 9. The van der Waals surface area contributed by atoms with E-state index in [9.17, 15) is 107 Å². The Morgan fingerprint density at radius 1 is 0.222 bits per heavy atom.